The summed E-state index contributed by atoms with van der Waals surface area (Å²) < 4.78 is 1.72. The molecule has 14 nitrogen and oxygen atoms in total. The highest BCUT2D eigenvalue weighted by Gasteiger charge is 2.22. The molecule has 0 fully saturated rings. The lowest BCUT2D eigenvalue weighted by Gasteiger charge is -2.19. The molecule has 3 aromatic heterocycles. The largest absolute Gasteiger partial charge is 0.480 e. The van der Waals surface area contributed by atoms with Crippen molar-refractivity contribution in [2.45, 2.75) is 51.7 Å². The molecule has 39 heavy (non-hydrogen) atoms. The van der Waals surface area contributed by atoms with E-state index in [0.717, 1.165) is 5.69 Å². The van der Waals surface area contributed by atoms with Crippen LogP contribution in [0.1, 0.15) is 48.9 Å². The van der Waals surface area contributed by atoms with Crippen LogP contribution in [-0.4, -0.2) is 65.0 Å². The first-order chi connectivity index (χ1) is 18.4. The lowest BCUT2D eigenvalue weighted by molar-refractivity contribution is -0.139. The van der Waals surface area contributed by atoms with E-state index in [1.807, 2.05) is 32.7 Å². The number of carboxylic acids is 1. The third kappa shape index (κ3) is 6.52. The number of aromatic amines is 1. The minimum atomic E-state index is -1.13. The molecule has 14 heteroatoms. The van der Waals surface area contributed by atoms with Crippen molar-refractivity contribution in [1.29, 1.82) is 0 Å². The Morgan fingerprint density at radius 3 is 2.54 bits per heavy atom. The maximum atomic E-state index is 12.8. The number of anilines is 2. The normalized spacial score (nSPS) is 12.3. The quantitative estimate of drug-likeness (QED) is 0.240. The fourth-order valence-corrected chi connectivity index (χ4v) is 3.78. The van der Waals surface area contributed by atoms with E-state index < -0.39 is 23.5 Å². The highest BCUT2D eigenvalue weighted by molar-refractivity contribution is 5.96. The van der Waals surface area contributed by atoms with E-state index in [1.54, 1.807) is 35.1 Å². The second kappa shape index (κ2) is 10.8. The van der Waals surface area contributed by atoms with Crippen molar-refractivity contribution in [1.82, 2.24) is 40.2 Å². The van der Waals surface area contributed by atoms with Gasteiger partial charge in [-0.15, -0.1) is 5.10 Å². The monoisotopic (exact) mass is 534 g/mol. The topological polar surface area (TPSA) is 198 Å². The van der Waals surface area contributed by atoms with Crippen LogP contribution in [0.3, 0.4) is 0 Å². The van der Waals surface area contributed by atoms with E-state index in [2.05, 4.69) is 35.6 Å². The van der Waals surface area contributed by atoms with E-state index in [9.17, 15) is 19.5 Å². The fraction of sp³-hybridized carbons (Fsp3) is 0.360. The van der Waals surface area contributed by atoms with Crippen molar-refractivity contribution >= 4 is 34.7 Å². The van der Waals surface area contributed by atoms with Crippen molar-refractivity contribution < 1.29 is 14.7 Å². The number of nitrogen functional groups attached to an aromatic ring is 1. The molecule has 0 aliphatic heterocycles. The first kappa shape index (κ1) is 27.2. The van der Waals surface area contributed by atoms with Crippen molar-refractivity contribution in [2.75, 3.05) is 17.7 Å². The number of nitrogens with two attached hydrogens (primary N) is 1. The first-order valence-corrected chi connectivity index (χ1v) is 12.2. The van der Waals surface area contributed by atoms with Crippen LogP contribution in [-0.2, 0) is 23.3 Å². The van der Waals surface area contributed by atoms with Gasteiger partial charge in [-0.05, 0) is 57.9 Å². The van der Waals surface area contributed by atoms with Gasteiger partial charge >= 0.3 is 5.97 Å². The van der Waals surface area contributed by atoms with Crippen molar-refractivity contribution in [3.05, 3.63) is 64.0 Å². The molecule has 0 unspecified atom stereocenters. The standard InChI is InChI=1S/C25H30N10O4/c1-25(2,3)35-13-15(32-33-35)7-10-18(23(38)39)29-21(36)14-5-8-17(9-6-14)34(4)12-16-11-27-20-19(28-16)22(37)31-24(26)30-20/h5-6,8-9,11,13,18H,7,10,12H2,1-4H3,(H,29,36)(H,38,39)(H3,26,27,30,31,37)/t18-/m0/s1. The summed E-state index contributed by atoms with van der Waals surface area (Å²) in [6.07, 6.45) is 3.82. The number of nitrogens with zero attached hydrogens (tertiary/aromatic N) is 7. The molecular formula is C25H30N10O4. The number of fused-ring (bicyclic) bond motifs is 1. The van der Waals surface area contributed by atoms with E-state index in [1.165, 1.54) is 6.20 Å². The van der Waals surface area contributed by atoms with Gasteiger partial charge in [-0.25, -0.2) is 19.4 Å². The number of carbonyl (C=O) groups is 2. The number of carbonyl (C=O) groups excluding carboxylic acids is 1. The average molecular weight is 535 g/mol. The van der Waals surface area contributed by atoms with Gasteiger partial charge in [0.15, 0.2) is 11.2 Å². The molecular weight excluding hydrogens is 504 g/mol. The SMILES string of the molecule is CN(Cc1cnc2nc(N)[nH]c(=O)c2n1)c1ccc(C(=O)N[C@@H](CCc2cn(C(C)(C)C)nn2)C(=O)O)cc1. The van der Waals surface area contributed by atoms with Crippen LogP contribution in [0.15, 0.2) is 41.5 Å². The van der Waals surface area contributed by atoms with E-state index in [-0.39, 0.29) is 29.1 Å². The molecule has 1 aromatic carbocycles. The Kier molecular flexibility index (Phi) is 7.56. The average Bonchev–Trinajstić information content (AvgIpc) is 3.36. The Balaban J connectivity index is 1.37. The Bertz CT molecular complexity index is 1560. The van der Waals surface area contributed by atoms with E-state index >= 15 is 0 Å². The molecule has 3 heterocycles. The predicted molar refractivity (Wildman–Crippen MR) is 143 cm³/mol. The van der Waals surface area contributed by atoms with E-state index in [4.69, 9.17) is 5.73 Å². The summed E-state index contributed by atoms with van der Waals surface area (Å²) in [5, 5.41) is 20.4. The van der Waals surface area contributed by atoms with Crippen LogP contribution >= 0.6 is 0 Å². The third-order valence-electron chi connectivity index (χ3n) is 5.98. The Hall–Kier alpha value is -4.88. The molecule has 1 atom stereocenters. The van der Waals surface area contributed by atoms with E-state index in [0.29, 0.717) is 29.9 Å². The van der Waals surface area contributed by atoms with Gasteiger partial charge in [-0.2, -0.15) is 4.98 Å². The number of aliphatic carboxylic acids is 1. The predicted octanol–water partition coefficient (Wildman–Crippen LogP) is 1.09. The number of rotatable bonds is 9. The summed E-state index contributed by atoms with van der Waals surface area (Å²) in [4.78, 5) is 53.4. The Labute approximate surface area is 223 Å². The second-order valence-corrected chi connectivity index (χ2v) is 10.1. The molecule has 4 aromatic rings. The van der Waals surface area contributed by atoms with Gasteiger partial charge in [0.05, 0.1) is 29.7 Å². The number of benzene rings is 1. The zero-order valence-corrected chi connectivity index (χ0v) is 22.0. The summed E-state index contributed by atoms with van der Waals surface area (Å²) in [6, 6.07) is 5.61. The number of H-pyrrole nitrogens is 1. The molecule has 0 spiro atoms. The Morgan fingerprint density at radius 2 is 1.90 bits per heavy atom. The molecule has 5 N–H and O–H groups in total. The molecule has 4 rings (SSSR count). The smallest absolute Gasteiger partial charge is 0.326 e. The number of aromatic nitrogens is 7. The molecule has 1 amide bonds. The zero-order valence-electron chi connectivity index (χ0n) is 22.0. The van der Waals surface area contributed by atoms with Crippen LogP contribution in [0.25, 0.3) is 11.2 Å². The highest BCUT2D eigenvalue weighted by atomic mass is 16.4. The maximum Gasteiger partial charge on any atom is 0.326 e. The van der Waals surface area contributed by atoms with Crippen molar-refractivity contribution in [3.63, 3.8) is 0 Å². The second-order valence-electron chi connectivity index (χ2n) is 10.1. The molecule has 0 aliphatic rings. The van der Waals surface area contributed by atoms with Crippen molar-refractivity contribution in [3.8, 4) is 0 Å². The number of hydrogen-bond donors (Lipinski definition) is 4. The summed E-state index contributed by atoms with van der Waals surface area (Å²) in [5.74, 6) is -1.66. The summed E-state index contributed by atoms with van der Waals surface area (Å²) in [7, 11) is 1.82. The van der Waals surface area contributed by atoms with Gasteiger partial charge in [0, 0.05) is 24.5 Å². The highest BCUT2D eigenvalue weighted by Crippen LogP contribution is 2.17. The minimum absolute atomic E-state index is 0.0319. The number of hydrogen-bond acceptors (Lipinski definition) is 10. The van der Waals surface area contributed by atoms with Crippen LogP contribution in [0.4, 0.5) is 11.6 Å². The van der Waals surface area contributed by atoms with Gasteiger partial charge in [-0.3, -0.25) is 14.6 Å². The van der Waals surface area contributed by atoms with Gasteiger partial charge in [0.2, 0.25) is 5.95 Å². The molecule has 0 saturated carbocycles. The first-order valence-electron chi connectivity index (χ1n) is 12.2. The lowest BCUT2D eigenvalue weighted by Crippen LogP contribution is -2.41. The van der Waals surface area contributed by atoms with Gasteiger partial charge in [0.25, 0.3) is 11.5 Å². The molecule has 0 radical (unpaired) electrons. The zero-order chi connectivity index (χ0) is 28.3. The number of amides is 1. The van der Waals surface area contributed by atoms with Gasteiger partial charge in [0.1, 0.15) is 6.04 Å². The van der Waals surface area contributed by atoms with Gasteiger partial charge < -0.3 is 21.1 Å². The van der Waals surface area contributed by atoms with Crippen LogP contribution in [0, 0.1) is 0 Å². The summed E-state index contributed by atoms with van der Waals surface area (Å²) in [6.45, 7) is 6.30. The van der Waals surface area contributed by atoms with Crippen LogP contribution in [0.2, 0.25) is 0 Å². The van der Waals surface area contributed by atoms with Crippen molar-refractivity contribution in [2.24, 2.45) is 0 Å². The third-order valence-corrected chi connectivity index (χ3v) is 5.98. The molecule has 0 bridgehead atoms. The maximum absolute atomic E-state index is 12.8. The summed E-state index contributed by atoms with van der Waals surface area (Å²) in [5.41, 5.74) is 7.37. The lowest BCUT2D eigenvalue weighted by atomic mass is 10.1. The Morgan fingerprint density at radius 1 is 1.18 bits per heavy atom. The van der Waals surface area contributed by atoms with Crippen LogP contribution < -0.4 is 21.5 Å². The molecule has 0 aliphatic carbocycles. The van der Waals surface area contributed by atoms with Gasteiger partial charge in [-0.1, -0.05) is 5.21 Å². The molecule has 204 valence electrons. The minimum Gasteiger partial charge on any atom is -0.480 e. The molecule has 0 saturated heterocycles. The number of aryl methyl sites for hydroxylation is 1. The number of nitrogens with one attached hydrogen (secondary N) is 2. The van der Waals surface area contributed by atoms with Crippen LogP contribution in [0.5, 0.6) is 0 Å². The number of carboxylic acid groups (broad SMARTS) is 1. The summed E-state index contributed by atoms with van der Waals surface area (Å²) >= 11 is 0. The fourth-order valence-electron chi connectivity index (χ4n) is 3.78.